The van der Waals surface area contributed by atoms with Crippen molar-refractivity contribution in [3.05, 3.63) is 36.2 Å². The van der Waals surface area contributed by atoms with Crippen molar-refractivity contribution in [2.24, 2.45) is 5.92 Å². The molecule has 0 aliphatic heterocycles. The van der Waals surface area contributed by atoms with Crippen molar-refractivity contribution in [1.82, 2.24) is 4.57 Å². The fraction of sp³-hybridized carbons (Fsp3) is 0.650. The van der Waals surface area contributed by atoms with Crippen LogP contribution in [0.15, 0.2) is 36.2 Å². The lowest BCUT2D eigenvalue weighted by atomic mass is 9.90. The van der Waals surface area contributed by atoms with E-state index in [0.717, 1.165) is 19.3 Å². The van der Waals surface area contributed by atoms with E-state index in [1.807, 2.05) is 26.0 Å². The van der Waals surface area contributed by atoms with Crippen LogP contribution >= 0.6 is 0 Å². The molecule has 0 bridgehead atoms. The highest BCUT2D eigenvalue weighted by atomic mass is 16.5. The Morgan fingerprint density at radius 2 is 1.83 bits per heavy atom. The van der Waals surface area contributed by atoms with Crippen LogP contribution < -0.4 is 0 Å². The highest BCUT2D eigenvalue weighted by Crippen LogP contribution is 2.24. The Hall–Kier alpha value is -1.51. The smallest absolute Gasteiger partial charge is 0.309 e. The second-order valence-electron chi connectivity index (χ2n) is 7.27. The van der Waals surface area contributed by atoms with Gasteiger partial charge in [0, 0.05) is 17.9 Å². The van der Waals surface area contributed by atoms with E-state index in [9.17, 15) is 4.79 Å². The summed E-state index contributed by atoms with van der Waals surface area (Å²) in [5.74, 6) is 0.0739. The first-order chi connectivity index (χ1) is 10.2. The molecule has 0 radical (unpaired) electrons. The standard InChI is InChI=1S/C11H18O2.C8H13N.CH4/c1-8(2)13-11(12)10-6-4-9(3)5-7-10;1-8(2,3)9-6-4-5-7-9;/h4,8,10H,5-7H2,1-3H3;4-7H,1-3H3;1H4/t10-;;/m0../s1. The van der Waals surface area contributed by atoms with E-state index in [4.69, 9.17) is 4.74 Å². The van der Waals surface area contributed by atoms with Crippen LogP contribution in [0.3, 0.4) is 0 Å². The van der Waals surface area contributed by atoms with Crippen LogP contribution in [0.5, 0.6) is 0 Å². The van der Waals surface area contributed by atoms with Crippen molar-refractivity contribution in [2.45, 2.75) is 79.9 Å². The molecular formula is C20H35NO2. The molecule has 1 aromatic heterocycles. The zero-order valence-electron chi connectivity index (χ0n) is 14.9. The number of esters is 1. The summed E-state index contributed by atoms with van der Waals surface area (Å²) in [6.45, 7) is 12.5. The third-order valence-electron chi connectivity index (χ3n) is 3.70. The molecule has 1 heterocycles. The fourth-order valence-electron chi connectivity index (χ4n) is 2.29. The van der Waals surface area contributed by atoms with Gasteiger partial charge in [-0.3, -0.25) is 4.79 Å². The van der Waals surface area contributed by atoms with Crippen LogP contribution in [0.2, 0.25) is 0 Å². The molecule has 0 aromatic carbocycles. The number of nitrogens with zero attached hydrogens (tertiary/aromatic N) is 1. The van der Waals surface area contributed by atoms with E-state index in [1.165, 1.54) is 5.57 Å². The predicted octanol–water partition coefficient (Wildman–Crippen LogP) is 5.56. The van der Waals surface area contributed by atoms with Gasteiger partial charge in [0.2, 0.25) is 0 Å². The van der Waals surface area contributed by atoms with Gasteiger partial charge in [0.1, 0.15) is 0 Å². The number of hydrogen-bond donors (Lipinski definition) is 0. The zero-order valence-corrected chi connectivity index (χ0v) is 14.9. The number of aromatic nitrogens is 1. The van der Waals surface area contributed by atoms with Gasteiger partial charge in [-0.2, -0.15) is 0 Å². The third kappa shape index (κ3) is 8.06. The lowest BCUT2D eigenvalue weighted by Crippen LogP contribution is -2.22. The summed E-state index contributed by atoms with van der Waals surface area (Å²) in [7, 11) is 0. The Labute approximate surface area is 142 Å². The van der Waals surface area contributed by atoms with Crippen LogP contribution in [0.25, 0.3) is 0 Å². The maximum atomic E-state index is 11.5. The Morgan fingerprint density at radius 1 is 1.26 bits per heavy atom. The SMILES string of the molecule is C.CC(C)(C)n1cccc1.CC1=CC[C@H](C(=O)OC(C)C)CC1. The molecule has 0 fully saturated rings. The molecule has 0 saturated heterocycles. The van der Waals surface area contributed by atoms with Gasteiger partial charge in [0.15, 0.2) is 0 Å². The molecule has 1 aliphatic carbocycles. The fourth-order valence-corrected chi connectivity index (χ4v) is 2.29. The van der Waals surface area contributed by atoms with Gasteiger partial charge in [-0.15, -0.1) is 0 Å². The second-order valence-corrected chi connectivity index (χ2v) is 7.27. The summed E-state index contributed by atoms with van der Waals surface area (Å²) >= 11 is 0. The third-order valence-corrected chi connectivity index (χ3v) is 3.70. The van der Waals surface area contributed by atoms with Crippen LogP contribution in [0, 0.1) is 5.92 Å². The van der Waals surface area contributed by atoms with Crippen LogP contribution in [-0.4, -0.2) is 16.6 Å². The first-order valence-corrected chi connectivity index (χ1v) is 8.19. The molecule has 132 valence electrons. The van der Waals surface area contributed by atoms with E-state index >= 15 is 0 Å². The van der Waals surface area contributed by atoms with E-state index in [-0.39, 0.29) is 31.0 Å². The average molecular weight is 322 g/mol. The molecule has 1 aliphatic rings. The molecule has 3 heteroatoms. The van der Waals surface area contributed by atoms with Gasteiger partial charge >= 0.3 is 5.97 Å². The molecule has 0 spiro atoms. The van der Waals surface area contributed by atoms with Crippen molar-refractivity contribution in [2.75, 3.05) is 0 Å². The molecule has 0 N–H and O–H groups in total. The van der Waals surface area contributed by atoms with Crippen LogP contribution in [-0.2, 0) is 15.1 Å². The molecule has 0 unspecified atom stereocenters. The molecular weight excluding hydrogens is 286 g/mol. The summed E-state index contributed by atoms with van der Waals surface area (Å²) in [6.07, 6.45) is 9.18. The van der Waals surface area contributed by atoms with Crippen molar-refractivity contribution in [3.8, 4) is 0 Å². The molecule has 1 atom stereocenters. The maximum absolute atomic E-state index is 11.5. The molecule has 0 amide bonds. The van der Waals surface area contributed by atoms with Crippen molar-refractivity contribution in [1.29, 1.82) is 0 Å². The largest absolute Gasteiger partial charge is 0.463 e. The number of carbonyl (C=O) groups is 1. The number of ether oxygens (including phenoxy) is 1. The highest BCUT2D eigenvalue weighted by Gasteiger charge is 2.22. The maximum Gasteiger partial charge on any atom is 0.309 e. The molecule has 1 aromatic rings. The van der Waals surface area contributed by atoms with E-state index in [1.54, 1.807) is 0 Å². The Morgan fingerprint density at radius 3 is 2.17 bits per heavy atom. The lowest BCUT2D eigenvalue weighted by molar-refractivity contribution is -0.152. The van der Waals surface area contributed by atoms with E-state index < -0.39 is 0 Å². The second kappa shape index (κ2) is 9.59. The zero-order chi connectivity index (χ0) is 16.8. The summed E-state index contributed by atoms with van der Waals surface area (Å²) in [5.41, 5.74) is 1.64. The summed E-state index contributed by atoms with van der Waals surface area (Å²) < 4.78 is 7.34. The molecule has 23 heavy (non-hydrogen) atoms. The monoisotopic (exact) mass is 321 g/mol. The van der Waals surface area contributed by atoms with Crippen molar-refractivity contribution < 1.29 is 9.53 Å². The topological polar surface area (TPSA) is 31.2 Å². The predicted molar refractivity (Wildman–Crippen MR) is 98.5 cm³/mol. The minimum absolute atomic E-state index is 0. The minimum atomic E-state index is -0.0289. The Bertz CT molecular complexity index is 478. The van der Waals surface area contributed by atoms with E-state index in [0.29, 0.717) is 0 Å². The Kier molecular flexibility index (Phi) is 8.96. The van der Waals surface area contributed by atoms with Gasteiger partial charge in [0.05, 0.1) is 12.0 Å². The van der Waals surface area contributed by atoms with Crippen LogP contribution in [0.4, 0.5) is 0 Å². The van der Waals surface area contributed by atoms with Crippen LogP contribution in [0.1, 0.15) is 68.2 Å². The summed E-state index contributed by atoms with van der Waals surface area (Å²) in [6, 6.07) is 4.09. The number of hydrogen-bond acceptors (Lipinski definition) is 2. The molecule has 0 saturated carbocycles. The van der Waals surface area contributed by atoms with E-state index in [2.05, 4.69) is 50.7 Å². The van der Waals surface area contributed by atoms with Gasteiger partial charge in [0.25, 0.3) is 0 Å². The molecule has 2 rings (SSSR count). The number of rotatable bonds is 2. The lowest BCUT2D eigenvalue weighted by Gasteiger charge is -2.20. The summed E-state index contributed by atoms with van der Waals surface area (Å²) in [5, 5.41) is 0. The quantitative estimate of drug-likeness (QED) is 0.527. The first kappa shape index (κ1) is 21.5. The van der Waals surface area contributed by atoms with Crippen molar-refractivity contribution in [3.63, 3.8) is 0 Å². The van der Waals surface area contributed by atoms with Gasteiger partial charge < -0.3 is 9.30 Å². The average Bonchev–Trinajstić information content (AvgIpc) is 2.93. The van der Waals surface area contributed by atoms with Gasteiger partial charge in [-0.1, -0.05) is 19.1 Å². The van der Waals surface area contributed by atoms with Crippen molar-refractivity contribution >= 4 is 5.97 Å². The molecule has 3 nitrogen and oxygen atoms in total. The first-order valence-electron chi connectivity index (χ1n) is 8.19. The number of carbonyl (C=O) groups excluding carboxylic acids is 1. The highest BCUT2D eigenvalue weighted by molar-refractivity contribution is 5.73. The Balaban J connectivity index is 0.000000427. The number of allylic oxidation sites excluding steroid dienone is 2. The normalized spacial score (nSPS) is 17.5. The summed E-state index contributed by atoms with van der Waals surface area (Å²) in [4.78, 5) is 11.5. The van der Waals surface area contributed by atoms with Gasteiger partial charge in [-0.05, 0) is 72.9 Å². The minimum Gasteiger partial charge on any atom is -0.463 e. The van der Waals surface area contributed by atoms with Gasteiger partial charge in [-0.25, -0.2) is 0 Å².